The molecule has 0 atom stereocenters. The van der Waals surface area contributed by atoms with Gasteiger partial charge in [0.05, 0.1) is 12.5 Å². The van der Waals surface area contributed by atoms with E-state index in [1.54, 1.807) is 12.5 Å². The molecule has 4 heterocycles. The highest BCUT2D eigenvalue weighted by atomic mass is 19.4. The minimum Gasteiger partial charge on any atom is -0.490 e. The second kappa shape index (κ2) is 13.7. The molecule has 0 aliphatic carbocycles. The summed E-state index contributed by atoms with van der Waals surface area (Å²) in [5, 5.41) is 5.99. The van der Waals surface area contributed by atoms with Crippen LogP contribution in [0, 0.1) is 13.8 Å². The van der Waals surface area contributed by atoms with E-state index in [1.807, 2.05) is 56.3 Å². The molecule has 1 amide bonds. The highest BCUT2D eigenvalue weighted by Gasteiger charge is 2.34. The van der Waals surface area contributed by atoms with Gasteiger partial charge in [-0.3, -0.25) is 9.78 Å². The molecule has 0 saturated carbocycles. The van der Waals surface area contributed by atoms with Gasteiger partial charge in [-0.05, 0) is 63.8 Å². The Hall–Kier alpha value is -5.11. The molecule has 0 fully saturated rings. The van der Waals surface area contributed by atoms with E-state index in [2.05, 4.69) is 40.5 Å². The number of H-pyrrole nitrogens is 1. The Balaban J connectivity index is 0.000000217. The molecule has 11 nitrogen and oxygen atoms in total. The number of carbonyl (C=O) groups is 1. The van der Waals surface area contributed by atoms with Gasteiger partial charge in [0.25, 0.3) is 0 Å². The molecule has 0 aliphatic heterocycles. The number of hydrogen-bond donors (Lipinski definition) is 3. The van der Waals surface area contributed by atoms with E-state index < -0.39 is 11.7 Å². The van der Waals surface area contributed by atoms with Crippen molar-refractivity contribution in [1.29, 1.82) is 0 Å². The summed E-state index contributed by atoms with van der Waals surface area (Å²) in [5.74, 6) is 0.429. The van der Waals surface area contributed by atoms with Gasteiger partial charge < -0.3 is 25.3 Å². The lowest BCUT2D eigenvalue weighted by Crippen LogP contribution is -2.20. The molecule has 4 aromatic heterocycles. The minimum atomic E-state index is -4.42. The van der Waals surface area contributed by atoms with Crippen molar-refractivity contribution >= 4 is 34.8 Å². The fourth-order valence-corrected chi connectivity index (χ4v) is 3.93. The number of halogens is 3. The predicted molar refractivity (Wildman–Crippen MR) is 157 cm³/mol. The van der Waals surface area contributed by atoms with Gasteiger partial charge in [-0.1, -0.05) is 6.07 Å². The normalized spacial score (nSPS) is 11.2. The average Bonchev–Trinajstić information content (AvgIpc) is 3.45. The van der Waals surface area contributed by atoms with Crippen LogP contribution in [-0.2, 0) is 11.0 Å². The number of aromatic nitrogens is 6. The van der Waals surface area contributed by atoms with E-state index in [0.29, 0.717) is 41.5 Å². The molecule has 0 radical (unpaired) electrons. The molecule has 14 heteroatoms. The van der Waals surface area contributed by atoms with Crippen molar-refractivity contribution in [2.75, 3.05) is 37.9 Å². The van der Waals surface area contributed by atoms with Crippen LogP contribution in [0.4, 0.5) is 30.4 Å². The number of hydrogen-bond acceptors (Lipinski definition) is 9. The Bertz CT molecular complexity index is 1690. The van der Waals surface area contributed by atoms with Crippen LogP contribution in [0.15, 0.2) is 61.4 Å². The molecule has 1 aromatic carbocycles. The third-order valence-electron chi connectivity index (χ3n) is 6.11. The number of imidazole rings is 1. The van der Waals surface area contributed by atoms with Crippen LogP contribution in [0.5, 0.6) is 5.75 Å². The number of anilines is 3. The summed E-state index contributed by atoms with van der Waals surface area (Å²) >= 11 is 0. The topological polar surface area (TPSA) is 134 Å². The highest BCUT2D eigenvalue weighted by Crippen LogP contribution is 2.36. The average molecular weight is 594 g/mol. The predicted octanol–water partition coefficient (Wildman–Crippen LogP) is 5.38. The number of pyridine rings is 2. The Morgan fingerprint density at radius 2 is 1.86 bits per heavy atom. The zero-order valence-electron chi connectivity index (χ0n) is 23.9. The van der Waals surface area contributed by atoms with Crippen LogP contribution < -0.4 is 15.4 Å². The van der Waals surface area contributed by atoms with Crippen molar-refractivity contribution in [3.8, 4) is 17.0 Å². The lowest BCUT2D eigenvalue weighted by molar-refractivity contribution is -0.139. The largest absolute Gasteiger partial charge is 0.490 e. The maximum Gasteiger partial charge on any atom is 0.420 e. The first kappa shape index (κ1) is 30.8. The standard InChI is InChI=1S/C18H15N7O.C11H15F3N2O/c1-11-4-5-12(24-10-26)7-14(11)25-17-13(3-2-6-19-17)15-16-18(22-8-20-15)23-9-21-16;1-8-6-9(11(12,13)14)10(7-15-8)17-5-4-16(2)3/h2-10H,1H3,(H,19,25)(H,24,26)(H,20,21,22,23);6-7H,4-5H2,1-3H3. The Morgan fingerprint density at radius 3 is 2.60 bits per heavy atom. The van der Waals surface area contributed by atoms with E-state index in [4.69, 9.17) is 4.74 Å². The van der Waals surface area contributed by atoms with Gasteiger partial charge >= 0.3 is 6.18 Å². The molecule has 0 unspecified atom stereocenters. The fraction of sp³-hybridized carbons (Fsp3) is 0.241. The molecule has 43 heavy (non-hydrogen) atoms. The monoisotopic (exact) mass is 593 g/mol. The van der Waals surface area contributed by atoms with E-state index in [1.165, 1.54) is 13.3 Å². The number of likely N-dealkylation sites (N-methyl/N-ethyl adjacent to an activating group) is 1. The van der Waals surface area contributed by atoms with Gasteiger partial charge in [0.15, 0.2) is 5.65 Å². The number of carbonyl (C=O) groups excluding carboxylic acids is 1. The lowest BCUT2D eigenvalue weighted by Gasteiger charge is -2.15. The van der Waals surface area contributed by atoms with Gasteiger partial charge in [-0.25, -0.2) is 19.9 Å². The molecule has 5 rings (SSSR count). The third-order valence-corrected chi connectivity index (χ3v) is 6.11. The van der Waals surface area contributed by atoms with Crippen LogP contribution in [0.2, 0.25) is 0 Å². The third kappa shape index (κ3) is 8.01. The molecule has 224 valence electrons. The molecule has 5 aromatic rings. The summed E-state index contributed by atoms with van der Waals surface area (Å²) in [6, 6.07) is 10.4. The number of benzene rings is 1. The number of fused-ring (bicyclic) bond motifs is 1. The maximum absolute atomic E-state index is 12.7. The molecule has 0 saturated heterocycles. The Morgan fingerprint density at radius 1 is 1.05 bits per heavy atom. The molecule has 0 bridgehead atoms. The van der Waals surface area contributed by atoms with E-state index in [0.717, 1.165) is 34.6 Å². The van der Waals surface area contributed by atoms with Gasteiger partial charge in [-0.2, -0.15) is 13.2 Å². The number of rotatable bonds is 9. The summed E-state index contributed by atoms with van der Waals surface area (Å²) in [6.07, 6.45) is 2.13. The van der Waals surface area contributed by atoms with Gasteiger partial charge in [-0.15, -0.1) is 0 Å². The van der Waals surface area contributed by atoms with Crippen molar-refractivity contribution in [3.05, 3.63) is 78.3 Å². The zero-order chi connectivity index (χ0) is 31.0. The lowest BCUT2D eigenvalue weighted by atomic mass is 10.1. The van der Waals surface area contributed by atoms with Crippen molar-refractivity contribution in [1.82, 2.24) is 34.8 Å². The van der Waals surface area contributed by atoms with Gasteiger partial charge in [0.2, 0.25) is 6.41 Å². The van der Waals surface area contributed by atoms with Crippen LogP contribution in [0.25, 0.3) is 22.4 Å². The molecular formula is C29H30F3N9O2. The van der Waals surface area contributed by atoms with Crippen molar-refractivity contribution in [2.24, 2.45) is 0 Å². The van der Waals surface area contributed by atoms with Crippen LogP contribution in [0.1, 0.15) is 16.8 Å². The summed E-state index contributed by atoms with van der Waals surface area (Å²) in [5.41, 5.74) is 4.97. The summed E-state index contributed by atoms with van der Waals surface area (Å²) < 4.78 is 43.2. The molecular weight excluding hydrogens is 563 g/mol. The fourth-order valence-electron chi connectivity index (χ4n) is 3.93. The first-order valence-corrected chi connectivity index (χ1v) is 13.1. The number of aromatic amines is 1. The van der Waals surface area contributed by atoms with Crippen LogP contribution in [0.3, 0.4) is 0 Å². The van der Waals surface area contributed by atoms with Crippen molar-refractivity contribution in [3.63, 3.8) is 0 Å². The minimum absolute atomic E-state index is 0.195. The summed E-state index contributed by atoms with van der Waals surface area (Å²) in [4.78, 5) is 36.6. The number of ether oxygens (including phenoxy) is 1. The number of nitrogens with zero attached hydrogens (tertiary/aromatic N) is 6. The first-order chi connectivity index (χ1) is 20.6. The van der Waals surface area contributed by atoms with E-state index >= 15 is 0 Å². The van der Waals surface area contributed by atoms with E-state index in [-0.39, 0.29) is 12.4 Å². The molecule has 3 N–H and O–H groups in total. The first-order valence-electron chi connectivity index (χ1n) is 13.1. The second-order valence-electron chi connectivity index (χ2n) is 9.61. The number of alkyl halides is 3. The molecule has 0 spiro atoms. The van der Waals surface area contributed by atoms with Crippen molar-refractivity contribution in [2.45, 2.75) is 20.0 Å². The SMILES string of the molecule is Cc1cc(C(F)(F)F)c(OCCN(C)C)cn1.Cc1ccc(NC=O)cc1Nc1ncccc1-c1ncnc2nc[nH]c12. The Kier molecular flexibility index (Phi) is 9.83. The molecule has 0 aliphatic rings. The van der Waals surface area contributed by atoms with Crippen molar-refractivity contribution < 1.29 is 22.7 Å². The summed E-state index contributed by atoms with van der Waals surface area (Å²) in [6.45, 7) is 4.23. The van der Waals surface area contributed by atoms with E-state index in [9.17, 15) is 18.0 Å². The zero-order valence-corrected chi connectivity index (χ0v) is 23.9. The van der Waals surface area contributed by atoms with Crippen LogP contribution in [-0.4, -0.2) is 68.5 Å². The quantitative estimate of drug-likeness (QED) is 0.193. The van der Waals surface area contributed by atoms with Crippen LogP contribution >= 0.6 is 0 Å². The maximum atomic E-state index is 12.7. The summed E-state index contributed by atoms with van der Waals surface area (Å²) in [7, 11) is 3.64. The smallest absolute Gasteiger partial charge is 0.420 e. The van der Waals surface area contributed by atoms with Gasteiger partial charge in [0, 0.05) is 35.4 Å². The number of amides is 1. The number of nitrogens with one attached hydrogen (secondary N) is 3. The Labute approximate surface area is 245 Å². The van der Waals surface area contributed by atoms with Gasteiger partial charge in [0.1, 0.15) is 41.3 Å². The second-order valence-corrected chi connectivity index (χ2v) is 9.61. The highest BCUT2D eigenvalue weighted by molar-refractivity contribution is 5.91. The number of aryl methyl sites for hydroxylation is 2.